The van der Waals surface area contributed by atoms with Crippen LogP contribution in [0.5, 0.6) is 0 Å². The van der Waals surface area contributed by atoms with Crippen molar-refractivity contribution >= 4 is 11.7 Å². The van der Waals surface area contributed by atoms with Crippen LogP contribution >= 0.6 is 0 Å². The van der Waals surface area contributed by atoms with Crippen molar-refractivity contribution in [2.45, 2.75) is 13.3 Å². The second-order valence-electron chi connectivity index (χ2n) is 4.44. The van der Waals surface area contributed by atoms with Crippen molar-refractivity contribution < 1.29 is 13.9 Å². The summed E-state index contributed by atoms with van der Waals surface area (Å²) >= 11 is 0. The van der Waals surface area contributed by atoms with Crippen LogP contribution in [-0.2, 0) is 11.2 Å². The average molecular weight is 274 g/mol. The molecular formula is C15H15FN2O2. The van der Waals surface area contributed by atoms with Gasteiger partial charge in [0.1, 0.15) is 5.82 Å². The molecule has 0 aliphatic heterocycles. The minimum atomic E-state index is -0.702. The van der Waals surface area contributed by atoms with Gasteiger partial charge < -0.3 is 10.5 Å². The molecule has 0 spiro atoms. The summed E-state index contributed by atoms with van der Waals surface area (Å²) in [5.41, 5.74) is 7.14. The molecule has 104 valence electrons. The van der Waals surface area contributed by atoms with Crippen LogP contribution < -0.4 is 5.73 Å². The summed E-state index contributed by atoms with van der Waals surface area (Å²) in [6.45, 7) is 1.73. The number of nitrogens with zero attached hydrogens (tertiary/aromatic N) is 1. The highest BCUT2D eigenvalue weighted by Gasteiger charge is 2.15. The van der Waals surface area contributed by atoms with Gasteiger partial charge in [0.05, 0.1) is 12.2 Å². The number of nitrogen functional groups attached to an aromatic ring is 1. The van der Waals surface area contributed by atoms with Crippen LogP contribution in [0.3, 0.4) is 0 Å². The van der Waals surface area contributed by atoms with E-state index >= 15 is 0 Å². The fourth-order valence-electron chi connectivity index (χ4n) is 1.83. The van der Waals surface area contributed by atoms with Crippen LogP contribution in [0.15, 0.2) is 36.7 Å². The molecule has 1 aromatic heterocycles. The lowest BCUT2D eigenvalue weighted by atomic mass is 10.1. The third kappa shape index (κ3) is 3.32. The summed E-state index contributed by atoms with van der Waals surface area (Å²) in [7, 11) is 0. The molecule has 2 aromatic rings. The molecule has 4 nitrogen and oxygen atoms in total. The number of halogens is 1. The molecule has 1 aromatic carbocycles. The van der Waals surface area contributed by atoms with Gasteiger partial charge in [-0.25, -0.2) is 9.18 Å². The highest BCUT2D eigenvalue weighted by Crippen LogP contribution is 2.18. The zero-order chi connectivity index (χ0) is 14.5. The summed E-state index contributed by atoms with van der Waals surface area (Å²) in [4.78, 5) is 15.7. The molecule has 0 unspecified atom stereocenters. The van der Waals surface area contributed by atoms with Crippen LogP contribution in [0.4, 0.5) is 10.1 Å². The summed E-state index contributed by atoms with van der Waals surface area (Å²) < 4.78 is 18.9. The maximum absolute atomic E-state index is 13.8. The fourth-order valence-corrected chi connectivity index (χ4v) is 1.83. The third-order valence-corrected chi connectivity index (χ3v) is 2.87. The second-order valence-corrected chi connectivity index (χ2v) is 4.44. The van der Waals surface area contributed by atoms with E-state index in [9.17, 15) is 9.18 Å². The standard InChI is InChI=1S/C15H15FN2O2/c1-10-8-12(17)9-13(14(10)16)15(19)20-7-4-11-2-5-18-6-3-11/h2-3,5-6,8-9H,4,7,17H2,1H3. The zero-order valence-corrected chi connectivity index (χ0v) is 11.1. The largest absolute Gasteiger partial charge is 0.462 e. The number of rotatable bonds is 4. The number of hydrogen-bond acceptors (Lipinski definition) is 4. The minimum Gasteiger partial charge on any atom is -0.462 e. The quantitative estimate of drug-likeness (QED) is 0.687. The fraction of sp³-hybridized carbons (Fsp3) is 0.200. The summed E-state index contributed by atoms with van der Waals surface area (Å²) in [6.07, 6.45) is 3.88. The molecule has 0 atom stereocenters. The monoisotopic (exact) mass is 274 g/mol. The van der Waals surface area contributed by atoms with Crippen molar-refractivity contribution in [1.82, 2.24) is 4.98 Å². The predicted molar refractivity (Wildman–Crippen MR) is 73.8 cm³/mol. The Hall–Kier alpha value is -2.43. The van der Waals surface area contributed by atoms with E-state index in [0.717, 1.165) is 5.56 Å². The van der Waals surface area contributed by atoms with Crippen molar-refractivity contribution in [1.29, 1.82) is 0 Å². The van der Waals surface area contributed by atoms with Gasteiger partial charge in [-0.2, -0.15) is 0 Å². The van der Waals surface area contributed by atoms with E-state index in [4.69, 9.17) is 10.5 Å². The molecule has 0 aliphatic carbocycles. The smallest absolute Gasteiger partial charge is 0.341 e. The number of hydrogen-bond donors (Lipinski definition) is 1. The molecule has 0 aliphatic rings. The Morgan fingerprint density at radius 2 is 2.05 bits per heavy atom. The van der Waals surface area contributed by atoms with Crippen LogP contribution in [0.1, 0.15) is 21.5 Å². The van der Waals surface area contributed by atoms with Crippen molar-refractivity contribution in [3.63, 3.8) is 0 Å². The molecule has 1 heterocycles. The Balaban J connectivity index is 1.99. The molecule has 2 rings (SSSR count). The molecule has 2 N–H and O–H groups in total. The normalized spacial score (nSPS) is 10.3. The lowest BCUT2D eigenvalue weighted by Crippen LogP contribution is -2.11. The van der Waals surface area contributed by atoms with E-state index in [1.807, 2.05) is 12.1 Å². The molecule has 0 bridgehead atoms. The lowest BCUT2D eigenvalue weighted by Gasteiger charge is -2.08. The Labute approximate surface area is 116 Å². The SMILES string of the molecule is Cc1cc(N)cc(C(=O)OCCc2ccncc2)c1F. The lowest BCUT2D eigenvalue weighted by molar-refractivity contribution is 0.0504. The van der Waals surface area contributed by atoms with Gasteiger partial charge in [-0.05, 0) is 42.3 Å². The van der Waals surface area contributed by atoms with Crippen LogP contribution in [-0.4, -0.2) is 17.6 Å². The van der Waals surface area contributed by atoms with Gasteiger partial charge in [0, 0.05) is 24.5 Å². The molecule has 5 heteroatoms. The first kappa shape index (κ1) is 14.0. The number of ether oxygens (including phenoxy) is 1. The molecule has 0 saturated heterocycles. The second kappa shape index (κ2) is 6.14. The summed E-state index contributed by atoms with van der Waals surface area (Å²) in [5.74, 6) is -1.29. The molecule has 0 fully saturated rings. The minimum absolute atomic E-state index is 0.128. The number of carbonyl (C=O) groups excluding carboxylic acids is 1. The number of benzene rings is 1. The van der Waals surface area contributed by atoms with Crippen molar-refractivity contribution in [2.24, 2.45) is 0 Å². The average Bonchev–Trinajstić information content (AvgIpc) is 2.44. The first-order valence-corrected chi connectivity index (χ1v) is 6.19. The maximum atomic E-state index is 13.8. The van der Waals surface area contributed by atoms with Gasteiger partial charge in [0.2, 0.25) is 0 Å². The third-order valence-electron chi connectivity index (χ3n) is 2.87. The van der Waals surface area contributed by atoms with Gasteiger partial charge in [-0.1, -0.05) is 0 Å². The zero-order valence-electron chi connectivity index (χ0n) is 11.1. The van der Waals surface area contributed by atoms with Crippen LogP contribution in [0.2, 0.25) is 0 Å². The summed E-state index contributed by atoms with van der Waals surface area (Å²) in [5, 5.41) is 0. The molecule has 20 heavy (non-hydrogen) atoms. The molecule has 0 radical (unpaired) electrons. The van der Waals surface area contributed by atoms with E-state index in [0.29, 0.717) is 17.7 Å². The predicted octanol–water partition coefficient (Wildman–Crippen LogP) is 2.51. The van der Waals surface area contributed by atoms with Crippen LogP contribution in [0.25, 0.3) is 0 Å². The number of aryl methyl sites for hydroxylation is 1. The Bertz CT molecular complexity index is 615. The number of pyridine rings is 1. The van der Waals surface area contributed by atoms with Gasteiger partial charge in [0.15, 0.2) is 0 Å². The Morgan fingerprint density at radius 1 is 1.35 bits per heavy atom. The van der Waals surface area contributed by atoms with Crippen molar-refractivity contribution in [2.75, 3.05) is 12.3 Å². The summed E-state index contributed by atoms with van der Waals surface area (Å²) in [6, 6.07) is 6.43. The van der Waals surface area contributed by atoms with Gasteiger partial charge in [0.25, 0.3) is 0 Å². The molecule has 0 saturated carbocycles. The van der Waals surface area contributed by atoms with Gasteiger partial charge in [-0.15, -0.1) is 0 Å². The van der Waals surface area contributed by atoms with Crippen molar-refractivity contribution in [3.05, 3.63) is 59.2 Å². The molecular weight excluding hydrogens is 259 g/mol. The number of aromatic nitrogens is 1. The van der Waals surface area contributed by atoms with E-state index in [1.54, 1.807) is 19.3 Å². The topological polar surface area (TPSA) is 65.2 Å². The number of esters is 1. The Morgan fingerprint density at radius 3 is 2.75 bits per heavy atom. The van der Waals surface area contributed by atoms with Gasteiger partial charge >= 0.3 is 5.97 Å². The number of anilines is 1. The Kier molecular flexibility index (Phi) is 4.30. The number of nitrogens with two attached hydrogens (primary N) is 1. The van der Waals surface area contributed by atoms with Crippen molar-refractivity contribution in [3.8, 4) is 0 Å². The van der Waals surface area contributed by atoms with Gasteiger partial charge in [-0.3, -0.25) is 4.98 Å². The van der Waals surface area contributed by atoms with E-state index in [-0.39, 0.29) is 12.2 Å². The maximum Gasteiger partial charge on any atom is 0.341 e. The first-order valence-electron chi connectivity index (χ1n) is 6.19. The van der Waals surface area contributed by atoms with E-state index in [1.165, 1.54) is 12.1 Å². The highest BCUT2D eigenvalue weighted by atomic mass is 19.1. The number of carbonyl (C=O) groups is 1. The van der Waals surface area contributed by atoms with Crippen LogP contribution in [0, 0.1) is 12.7 Å². The highest BCUT2D eigenvalue weighted by molar-refractivity contribution is 5.91. The van der Waals surface area contributed by atoms with E-state index < -0.39 is 11.8 Å². The van der Waals surface area contributed by atoms with E-state index in [2.05, 4.69) is 4.98 Å². The molecule has 0 amide bonds. The first-order chi connectivity index (χ1) is 9.58.